The molecule has 0 bridgehead atoms. The van der Waals surface area contributed by atoms with Crippen molar-refractivity contribution in [3.63, 3.8) is 0 Å². The maximum Gasteiger partial charge on any atom is -0.0352 e. The van der Waals surface area contributed by atoms with Crippen LogP contribution in [0.5, 0.6) is 0 Å². The van der Waals surface area contributed by atoms with E-state index in [0.717, 1.165) is 0 Å². The van der Waals surface area contributed by atoms with E-state index in [2.05, 4.69) is 252 Å². The van der Waals surface area contributed by atoms with Gasteiger partial charge in [-0.05, 0) is 51.4 Å². The Bertz CT molecular complexity index is 2370. The number of hydrogen-bond acceptors (Lipinski definition) is 0. The predicted octanol–water partition coefficient (Wildman–Crippen LogP) is 22.6. The molecule has 4 radical (unpaired) electrons. The molecular weight excluding hydrogens is 1170 g/mol. The quantitative estimate of drug-likeness (QED) is 0.109. The molecule has 2 fully saturated rings. The number of halogens is 2. The molecule has 8 rings (SSSR count). The van der Waals surface area contributed by atoms with Crippen LogP contribution < -0.4 is 0 Å². The number of aromatic nitrogens is 4. The van der Waals surface area contributed by atoms with Gasteiger partial charge in [-0.1, -0.05) is 51.4 Å². The largest absolute Gasteiger partial charge is 0.0533 e. The SMILES string of the molecule is CC(C)c1cccc(C(C)C)c1-n1ccn(-c2c(C(C)C)cccc2C(C)C)[c]1=[Rh][Cl].CC(C)c1cccc(C(C)C)c1-n1ccn(-c2c(C(C)C)cccc2C(C)C)[c]1=[Rh][Cl].[CH]1[CH]CCCCCC1.[CH]1[CH]CCCCCC1. The van der Waals surface area contributed by atoms with Crippen LogP contribution in [0, 0.1) is 33.7 Å². The third-order valence-electron chi connectivity index (χ3n) is 15.2. The van der Waals surface area contributed by atoms with Crippen molar-refractivity contribution in [2.75, 3.05) is 0 Å². The van der Waals surface area contributed by atoms with Crippen molar-refractivity contribution in [2.24, 2.45) is 0 Å². The van der Waals surface area contributed by atoms with Crippen molar-refractivity contribution in [3.05, 3.63) is 176 Å². The van der Waals surface area contributed by atoms with Gasteiger partial charge in [-0.2, -0.15) is 0 Å². The summed E-state index contributed by atoms with van der Waals surface area (Å²) in [4.78, 5) is 0. The van der Waals surface area contributed by atoms with E-state index in [1.54, 1.807) is 0 Å². The summed E-state index contributed by atoms with van der Waals surface area (Å²) in [6, 6.07) is 26.9. The molecule has 0 atom stereocenters. The second-order valence-electron chi connectivity index (χ2n) is 24.0. The Kier molecular flexibility index (Phi) is 28.1. The number of imidazole rings is 2. The van der Waals surface area contributed by atoms with Gasteiger partial charge in [0.2, 0.25) is 0 Å². The first-order valence-electron chi connectivity index (χ1n) is 29.9. The summed E-state index contributed by atoms with van der Waals surface area (Å²) in [6.45, 7) is 36.4. The van der Waals surface area contributed by atoms with Crippen LogP contribution in [0.2, 0.25) is 0 Å². The summed E-state index contributed by atoms with van der Waals surface area (Å²) in [5.41, 5.74) is 16.2. The first-order chi connectivity index (χ1) is 37.4. The average molecular weight is 1270 g/mol. The molecule has 2 aliphatic carbocycles. The average Bonchev–Trinajstić information content (AvgIpc) is 4.02. The van der Waals surface area contributed by atoms with E-state index in [0.29, 0.717) is 47.3 Å². The molecule has 0 N–H and O–H groups in total. The molecule has 0 unspecified atom stereocenters. The van der Waals surface area contributed by atoms with Crippen LogP contribution in [0.1, 0.15) is 280 Å². The predicted molar refractivity (Wildman–Crippen MR) is 334 cm³/mol. The van der Waals surface area contributed by atoms with Crippen molar-refractivity contribution in [1.82, 2.24) is 18.3 Å². The molecule has 0 aliphatic heterocycles. The summed E-state index contributed by atoms with van der Waals surface area (Å²) >= 11 is -0.542. The number of nitrogens with zero attached hydrogens (tertiary/aromatic N) is 4. The Morgan fingerprint density at radius 1 is 0.282 bits per heavy atom. The third kappa shape index (κ3) is 17.6. The Labute approximate surface area is 498 Å². The van der Waals surface area contributed by atoms with Crippen LogP contribution >= 0.6 is 19.4 Å². The van der Waals surface area contributed by atoms with Crippen molar-refractivity contribution in [1.29, 1.82) is 0 Å². The summed E-state index contributed by atoms with van der Waals surface area (Å²) in [5.74, 6) is 3.52. The normalized spacial score (nSPS) is 14.6. The van der Waals surface area contributed by atoms with Gasteiger partial charge in [0.05, 0.1) is 0 Å². The van der Waals surface area contributed by atoms with Crippen molar-refractivity contribution >= 4 is 19.4 Å². The zero-order valence-electron chi connectivity index (χ0n) is 50.9. The van der Waals surface area contributed by atoms with Gasteiger partial charge >= 0.3 is 400 Å². The fraction of sp³-hybridized carbons (Fsp3) is 0.514. The van der Waals surface area contributed by atoms with Gasteiger partial charge in [0, 0.05) is 0 Å². The molecule has 432 valence electrons. The molecule has 6 aromatic rings. The maximum absolute atomic E-state index is 6.73. The van der Waals surface area contributed by atoms with E-state index in [4.69, 9.17) is 19.4 Å². The molecule has 0 amide bonds. The molecule has 2 aliphatic rings. The number of hydrogen-bond donors (Lipinski definition) is 0. The Balaban J connectivity index is 0.000000223. The van der Waals surface area contributed by atoms with Crippen LogP contribution in [0.4, 0.5) is 0 Å². The number of benzene rings is 4. The molecule has 0 saturated heterocycles. The molecule has 2 heterocycles. The van der Waals surface area contributed by atoms with E-state index in [1.807, 2.05) is 0 Å². The number of rotatable bonds is 12. The van der Waals surface area contributed by atoms with Crippen LogP contribution in [0.15, 0.2) is 97.6 Å². The van der Waals surface area contributed by atoms with Crippen molar-refractivity contribution < 1.29 is 31.4 Å². The summed E-state index contributed by atoms with van der Waals surface area (Å²) in [5, 5.41) is 0. The molecule has 78 heavy (non-hydrogen) atoms. The van der Waals surface area contributed by atoms with Gasteiger partial charge in [0.1, 0.15) is 0 Å². The zero-order chi connectivity index (χ0) is 57.1. The van der Waals surface area contributed by atoms with Gasteiger partial charge < -0.3 is 0 Å². The van der Waals surface area contributed by atoms with Gasteiger partial charge in [0.15, 0.2) is 0 Å². The fourth-order valence-electron chi connectivity index (χ4n) is 10.9. The van der Waals surface area contributed by atoms with Gasteiger partial charge in [0.25, 0.3) is 0 Å². The minimum atomic E-state index is -0.271. The van der Waals surface area contributed by atoms with E-state index >= 15 is 0 Å². The minimum Gasteiger partial charge on any atom is -0.0533 e. The van der Waals surface area contributed by atoms with E-state index in [-0.39, 0.29) is 31.4 Å². The molecule has 8 heteroatoms. The van der Waals surface area contributed by atoms with Gasteiger partial charge in [-0.25, -0.2) is 0 Å². The standard InChI is InChI=1S/2C27H36N2.2C8H14.2ClH.2Rh/c2*1-18(2)22-11-9-12-23(19(3)4)26(22)28-15-16-29(17-28)27-24(20(5)6)13-10-14-25(27)21(7)8;2*1-2-4-6-8-7-5-3-1;;;;/h2*9-16,18-21H,1-8H3;2*1-2H,3-8H2;2*1H;;/q;;;;;;2*+1/p-2. The Morgan fingerprint density at radius 3 is 0.590 bits per heavy atom. The van der Waals surface area contributed by atoms with Crippen LogP contribution in [0.3, 0.4) is 0 Å². The van der Waals surface area contributed by atoms with E-state index in [9.17, 15) is 0 Å². The monoisotopic (exact) mass is 1270 g/mol. The first kappa shape index (κ1) is 65.9. The summed E-state index contributed by atoms with van der Waals surface area (Å²) in [6.07, 6.45) is 34.9. The molecule has 2 saturated carbocycles. The van der Waals surface area contributed by atoms with Crippen LogP contribution in [-0.2, 0) is 31.4 Å². The van der Waals surface area contributed by atoms with E-state index in [1.165, 1.54) is 152 Å². The van der Waals surface area contributed by atoms with Gasteiger partial charge in [-0.15, -0.1) is 0 Å². The molecule has 4 aromatic carbocycles. The van der Waals surface area contributed by atoms with Crippen molar-refractivity contribution in [3.8, 4) is 22.7 Å². The molecule has 2 aromatic heterocycles. The second-order valence-corrected chi connectivity index (χ2v) is 27.6. The second kappa shape index (κ2) is 33.3. The first-order valence-corrected chi connectivity index (χ1v) is 35.8. The molecule has 4 nitrogen and oxygen atoms in total. The van der Waals surface area contributed by atoms with Gasteiger partial charge in [-0.3, -0.25) is 0 Å². The topological polar surface area (TPSA) is 19.7 Å². The van der Waals surface area contributed by atoms with Crippen molar-refractivity contribution in [2.45, 2.75) is 235 Å². The van der Waals surface area contributed by atoms with E-state index < -0.39 is 0 Å². The Morgan fingerprint density at radius 2 is 0.449 bits per heavy atom. The maximum atomic E-state index is 6.73. The number of para-hydroxylation sites is 4. The zero-order valence-corrected chi connectivity index (χ0v) is 55.7. The fourth-order valence-corrected chi connectivity index (χ4v) is 14.1. The van der Waals surface area contributed by atoms with Crippen LogP contribution in [0.25, 0.3) is 22.7 Å². The van der Waals surface area contributed by atoms with Crippen LogP contribution in [-0.4, -0.2) is 18.3 Å². The third-order valence-corrected chi connectivity index (χ3v) is 18.7. The summed E-state index contributed by atoms with van der Waals surface area (Å²) in [7, 11) is 13.5. The minimum absolute atomic E-state index is 0.271. The summed E-state index contributed by atoms with van der Waals surface area (Å²) < 4.78 is 11.8. The molecule has 0 spiro atoms. The molecular formula is C70H100Cl2N4Rh2. The Hall–Kier alpha value is -2.87. The smallest absolute Gasteiger partial charge is 0.0352 e.